The molecule has 0 radical (unpaired) electrons. The van der Waals surface area contributed by atoms with Gasteiger partial charge in [-0.25, -0.2) is 0 Å². The molecule has 211 valence electrons. The van der Waals surface area contributed by atoms with E-state index >= 15 is 0 Å². The van der Waals surface area contributed by atoms with Crippen LogP contribution in [0.25, 0.3) is 0 Å². The first-order valence-electron chi connectivity index (χ1n) is 15.3. The molecule has 3 heteroatoms. The van der Waals surface area contributed by atoms with Gasteiger partial charge in [0.25, 0.3) is 0 Å². The molecule has 1 aliphatic heterocycles. The standard InChI is InChI=1S/2C13H11.C6H7NO.C2H4.4CH3.Ti/c2*1-3-7-12(8-4-1)11-13-9-5-2-6-10-13;7-6(8)5-3-1-2-4-5;1-2;;;;;/h2*1-11H;1-3H,4H2,(H2,7,8);1-2H2;4*1H3;/q;;;;;;;;+1/p-1. The fraction of sp³-hybridized carbons (Fsp3) is 0.237. The molecule has 4 aromatic carbocycles. The molecule has 2 nitrogen and oxygen atoms in total. The van der Waals surface area contributed by atoms with E-state index in [4.69, 9.17) is 0 Å². The number of hydrogen-bond acceptors (Lipinski definition) is 1. The molecule has 0 bridgehead atoms. The Bertz CT molecular complexity index is 1640. The van der Waals surface area contributed by atoms with Crippen LogP contribution in [0.15, 0.2) is 145 Å². The number of carbonyl (C=O) groups excluding carboxylic acids is 1. The summed E-state index contributed by atoms with van der Waals surface area (Å²) in [7, 11) is -6.51. The molecule has 0 spiro atoms. The third-order valence-corrected chi connectivity index (χ3v) is 39.7. The summed E-state index contributed by atoms with van der Waals surface area (Å²) in [6.07, 6.45) is 6.74. The maximum absolute atomic E-state index is 14.9. The van der Waals surface area contributed by atoms with Crippen LogP contribution in [0.2, 0.25) is 30.4 Å². The summed E-state index contributed by atoms with van der Waals surface area (Å²) in [6.45, 7) is 0. The summed E-state index contributed by atoms with van der Waals surface area (Å²) in [5.74, 6) is 0.0551. The Morgan fingerprint density at radius 1 is 0.585 bits per heavy atom. The topological polar surface area (TPSA) is 29.1 Å². The molecular weight excluding hydrogens is 534 g/mol. The van der Waals surface area contributed by atoms with E-state index in [0.29, 0.717) is 6.42 Å². The van der Waals surface area contributed by atoms with Crippen molar-refractivity contribution in [1.29, 1.82) is 0 Å². The van der Waals surface area contributed by atoms with Crippen molar-refractivity contribution in [3.63, 3.8) is 0 Å². The summed E-state index contributed by atoms with van der Waals surface area (Å²) in [6, 6.07) is 43.8. The normalized spacial score (nSPS) is 27.6. The zero-order valence-corrected chi connectivity index (χ0v) is 26.5. The first-order chi connectivity index (χ1) is 19.2. The Kier molecular flexibility index (Phi) is 4.47. The zero-order valence-electron chi connectivity index (χ0n) is 25.0. The van der Waals surface area contributed by atoms with Crippen LogP contribution >= 0.6 is 0 Å². The van der Waals surface area contributed by atoms with Crippen molar-refractivity contribution in [2.24, 2.45) is 0 Å². The monoisotopic (exact) mass is 578 g/mol. The molecular formula is C38H44NOTi. The van der Waals surface area contributed by atoms with Crippen molar-refractivity contribution >= 4 is 5.91 Å². The van der Waals surface area contributed by atoms with Gasteiger partial charge in [0.05, 0.1) is 0 Å². The van der Waals surface area contributed by atoms with Crippen molar-refractivity contribution in [2.75, 3.05) is 0 Å². The van der Waals surface area contributed by atoms with E-state index in [-0.39, 0.29) is 14.4 Å². The molecule has 1 saturated heterocycles. The van der Waals surface area contributed by atoms with Gasteiger partial charge in [0.15, 0.2) is 0 Å². The van der Waals surface area contributed by atoms with Gasteiger partial charge < -0.3 is 0 Å². The predicted octanol–water partition coefficient (Wildman–Crippen LogP) is 10.4. The molecule has 1 amide bonds. The Balaban J connectivity index is 1.87. The van der Waals surface area contributed by atoms with Gasteiger partial charge in [-0.2, -0.15) is 0 Å². The van der Waals surface area contributed by atoms with Crippen LogP contribution < -0.4 is 3.80 Å². The molecule has 41 heavy (non-hydrogen) atoms. The first kappa shape index (κ1) is 27.7. The van der Waals surface area contributed by atoms with E-state index in [1.54, 1.807) is 0 Å². The summed E-state index contributed by atoms with van der Waals surface area (Å²) in [5, 5.41) is 10.3. The molecule has 1 N–H and O–H groups in total. The molecule has 2 aliphatic rings. The van der Waals surface area contributed by atoms with Crippen molar-refractivity contribution in [3.8, 4) is 0 Å². The second kappa shape index (κ2) is 6.61. The number of amides is 1. The van der Waals surface area contributed by atoms with Crippen LogP contribution in [0.5, 0.6) is 0 Å². The Labute approximate surface area is 236 Å². The number of rotatable bonds is 8. The maximum atomic E-state index is 14.9. The Morgan fingerprint density at radius 2 is 0.927 bits per heavy atom. The number of allylic oxidation sites excluding steroid dienone is 3. The minimum atomic E-state index is -6.51. The number of hydrogen-bond donors (Lipinski definition) is 1. The zero-order chi connectivity index (χ0) is 29.0. The number of nitrogens with one attached hydrogen (secondary N) is 1. The van der Waals surface area contributed by atoms with Gasteiger partial charge in [-0.1, -0.05) is 0 Å². The third-order valence-electron chi connectivity index (χ3n) is 13.4. The van der Waals surface area contributed by atoms with Gasteiger partial charge in [0, 0.05) is 0 Å². The summed E-state index contributed by atoms with van der Waals surface area (Å²) >= 11 is 0. The van der Waals surface area contributed by atoms with Crippen molar-refractivity contribution in [2.45, 2.75) is 45.2 Å². The van der Waals surface area contributed by atoms with E-state index < -0.39 is 10.4 Å². The van der Waals surface area contributed by atoms with Gasteiger partial charge in [-0.05, 0) is 0 Å². The summed E-state index contributed by atoms with van der Waals surface area (Å²) < 4.78 is 5.83. The van der Waals surface area contributed by atoms with E-state index in [0.717, 1.165) is 15.0 Å². The molecule has 0 saturated carbocycles. The van der Waals surface area contributed by atoms with Crippen LogP contribution in [-0.2, 0) is 15.2 Å². The molecule has 6 rings (SSSR count). The van der Waals surface area contributed by atoms with Crippen LogP contribution in [0.1, 0.15) is 37.1 Å². The van der Waals surface area contributed by atoms with Gasteiger partial charge in [0.2, 0.25) is 0 Å². The SMILES string of the molecule is [CH3][Ti]1([CH3])([CH3])([CH3])([NH]C(=O)C2=CC=CC2)([CH](c2ccccc2)c2ccccc2)([CH](c2ccccc2)c2ccccc2)[CH2][CH2]1. The molecule has 4 aromatic rings. The number of benzene rings is 4. The second-order valence-electron chi connectivity index (χ2n) is 19.8. The molecule has 1 heterocycles. The van der Waals surface area contributed by atoms with Gasteiger partial charge in [0.1, 0.15) is 0 Å². The summed E-state index contributed by atoms with van der Waals surface area (Å²) in [5.41, 5.74) is 5.79. The molecule has 1 fully saturated rings. The average Bonchev–Trinajstić information content (AvgIpc) is 3.27. The van der Waals surface area contributed by atoms with Gasteiger partial charge in [-0.15, -0.1) is 0 Å². The van der Waals surface area contributed by atoms with E-state index in [9.17, 15) is 4.79 Å². The predicted molar refractivity (Wildman–Crippen MR) is 173 cm³/mol. The fourth-order valence-corrected chi connectivity index (χ4v) is 42.2. The molecule has 0 unspecified atom stereocenters. The fourth-order valence-electron chi connectivity index (χ4n) is 10.5. The van der Waals surface area contributed by atoms with Crippen LogP contribution in [0.4, 0.5) is 0 Å². The first-order valence-corrected chi connectivity index (χ1v) is 26.3. The number of carbonyl (C=O) groups is 1. The Hall–Kier alpha value is -3.46. The van der Waals surface area contributed by atoms with E-state index in [1.165, 1.54) is 22.3 Å². The van der Waals surface area contributed by atoms with Gasteiger partial charge in [-0.3, -0.25) is 0 Å². The van der Waals surface area contributed by atoms with E-state index in [1.807, 2.05) is 12.2 Å². The van der Waals surface area contributed by atoms with Crippen LogP contribution in [0.3, 0.4) is 0 Å². The quantitative estimate of drug-likeness (QED) is 0.207. The van der Waals surface area contributed by atoms with Crippen molar-refractivity contribution in [3.05, 3.63) is 167 Å². The summed E-state index contributed by atoms with van der Waals surface area (Å²) in [4.78, 5) is 14.9. The third kappa shape index (κ3) is 3.44. The second-order valence-corrected chi connectivity index (χ2v) is 58.0. The van der Waals surface area contributed by atoms with Crippen molar-refractivity contribution < 1.29 is 15.2 Å². The molecule has 0 atom stereocenters. The Morgan fingerprint density at radius 3 is 1.20 bits per heavy atom. The average molecular weight is 579 g/mol. The minimum absolute atomic E-state index is 0.0551. The van der Waals surface area contributed by atoms with Crippen LogP contribution in [0, 0.1) is 0 Å². The molecule has 0 aromatic heterocycles. The molecule has 1 aliphatic carbocycles. The van der Waals surface area contributed by atoms with E-state index in [2.05, 4.69) is 152 Å². The van der Waals surface area contributed by atoms with Crippen molar-refractivity contribution in [1.82, 2.24) is 3.80 Å². The van der Waals surface area contributed by atoms with Gasteiger partial charge >= 0.3 is 238 Å². The van der Waals surface area contributed by atoms with Crippen LogP contribution in [-0.4, -0.2) is 5.91 Å².